The predicted molar refractivity (Wildman–Crippen MR) is 68.6 cm³/mol. The fourth-order valence-corrected chi connectivity index (χ4v) is 2.85. The highest BCUT2D eigenvalue weighted by atomic mass is 35.5. The molecule has 0 saturated heterocycles. The Kier molecular flexibility index (Phi) is 3.38. The Balaban J connectivity index is 2.47. The van der Waals surface area contributed by atoms with Crippen LogP contribution in [0.25, 0.3) is 0 Å². The SMILES string of the molecule is Nc1cc(F)cc(C(=O)c2cc(Cl)sc2Cl)c1. The fraction of sp³-hybridized carbons (Fsp3) is 0. The van der Waals surface area contributed by atoms with E-state index in [4.69, 9.17) is 28.9 Å². The number of rotatable bonds is 2. The zero-order chi connectivity index (χ0) is 12.6. The summed E-state index contributed by atoms with van der Waals surface area (Å²) in [5.74, 6) is -0.963. The number of halogens is 3. The maximum Gasteiger partial charge on any atom is 0.195 e. The van der Waals surface area contributed by atoms with Crippen LogP contribution < -0.4 is 5.73 Å². The highest BCUT2D eigenvalue weighted by Crippen LogP contribution is 2.32. The van der Waals surface area contributed by atoms with Crippen molar-refractivity contribution in [3.8, 4) is 0 Å². The summed E-state index contributed by atoms with van der Waals surface area (Å²) in [5.41, 5.74) is 6.06. The van der Waals surface area contributed by atoms with Crippen LogP contribution in [-0.4, -0.2) is 5.78 Å². The second kappa shape index (κ2) is 4.64. The first-order valence-corrected chi connectivity index (χ1v) is 6.10. The van der Waals surface area contributed by atoms with E-state index in [0.717, 1.165) is 23.5 Å². The lowest BCUT2D eigenvalue weighted by atomic mass is 10.1. The largest absolute Gasteiger partial charge is 0.399 e. The minimum absolute atomic E-state index is 0.152. The maximum absolute atomic E-state index is 13.1. The molecular formula is C11H6Cl2FNOS. The van der Waals surface area contributed by atoms with E-state index in [1.54, 1.807) is 0 Å². The van der Waals surface area contributed by atoms with E-state index >= 15 is 0 Å². The average molecular weight is 290 g/mol. The van der Waals surface area contributed by atoms with Gasteiger partial charge in [0, 0.05) is 11.3 Å². The molecule has 1 aromatic heterocycles. The summed E-state index contributed by atoms with van der Waals surface area (Å²) in [6.07, 6.45) is 0. The molecule has 0 radical (unpaired) electrons. The number of thiophene rings is 1. The van der Waals surface area contributed by atoms with E-state index in [1.807, 2.05) is 0 Å². The molecule has 1 aromatic carbocycles. The molecule has 0 aliphatic heterocycles. The van der Waals surface area contributed by atoms with Crippen molar-refractivity contribution in [1.82, 2.24) is 0 Å². The predicted octanol–water partition coefficient (Wildman–Crippen LogP) is 4.01. The van der Waals surface area contributed by atoms with Crippen molar-refractivity contribution in [3.05, 3.63) is 49.9 Å². The summed E-state index contributed by atoms with van der Waals surface area (Å²) in [5, 5.41) is 0. The smallest absolute Gasteiger partial charge is 0.195 e. The van der Waals surface area contributed by atoms with E-state index in [2.05, 4.69) is 0 Å². The number of benzene rings is 1. The summed E-state index contributed by atoms with van der Waals surface area (Å²) < 4.78 is 13.8. The zero-order valence-electron chi connectivity index (χ0n) is 8.34. The van der Waals surface area contributed by atoms with Crippen LogP contribution in [-0.2, 0) is 0 Å². The molecule has 2 rings (SSSR count). The third-order valence-corrected chi connectivity index (χ3v) is 3.57. The first-order chi connectivity index (χ1) is 7.97. The molecule has 0 unspecified atom stereocenters. The van der Waals surface area contributed by atoms with Crippen LogP contribution in [0, 0.1) is 5.82 Å². The summed E-state index contributed by atoms with van der Waals surface area (Å²) in [6, 6.07) is 5.10. The number of carbonyl (C=O) groups excluding carboxylic acids is 1. The second-order valence-electron chi connectivity index (χ2n) is 3.34. The van der Waals surface area contributed by atoms with Crippen molar-refractivity contribution >= 4 is 46.0 Å². The monoisotopic (exact) mass is 289 g/mol. The third-order valence-electron chi connectivity index (χ3n) is 2.08. The van der Waals surface area contributed by atoms with Gasteiger partial charge in [-0.05, 0) is 24.3 Å². The van der Waals surface area contributed by atoms with Gasteiger partial charge in [-0.15, -0.1) is 11.3 Å². The first kappa shape index (κ1) is 12.4. The number of carbonyl (C=O) groups is 1. The van der Waals surface area contributed by atoms with Crippen molar-refractivity contribution in [2.75, 3.05) is 5.73 Å². The van der Waals surface area contributed by atoms with Crippen molar-refractivity contribution < 1.29 is 9.18 Å². The number of hydrogen-bond donors (Lipinski definition) is 1. The number of nitrogen functional groups attached to an aromatic ring is 1. The number of anilines is 1. The van der Waals surface area contributed by atoms with Crippen molar-refractivity contribution in [3.63, 3.8) is 0 Å². The third kappa shape index (κ3) is 2.60. The summed E-state index contributed by atoms with van der Waals surface area (Å²) >= 11 is 12.7. The molecule has 0 amide bonds. The minimum Gasteiger partial charge on any atom is -0.399 e. The first-order valence-electron chi connectivity index (χ1n) is 4.53. The van der Waals surface area contributed by atoms with Gasteiger partial charge in [-0.3, -0.25) is 4.79 Å². The Labute approximate surface area is 111 Å². The number of nitrogens with two attached hydrogens (primary N) is 1. The van der Waals surface area contributed by atoms with Crippen LogP contribution in [0.2, 0.25) is 8.67 Å². The van der Waals surface area contributed by atoms with Gasteiger partial charge in [0.05, 0.1) is 9.90 Å². The Morgan fingerprint density at radius 1 is 1.24 bits per heavy atom. The topological polar surface area (TPSA) is 43.1 Å². The van der Waals surface area contributed by atoms with Crippen LogP contribution in [0.5, 0.6) is 0 Å². The lowest BCUT2D eigenvalue weighted by Crippen LogP contribution is -2.02. The molecular weight excluding hydrogens is 284 g/mol. The van der Waals surface area contributed by atoms with Gasteiger partial charge in [0.25, 0.3) is 0 Å². The van der Waals surface area contributed by atoms with Crippen molar-refractivity contribution in [2.45, 2.75) is 0 Å². The zero-order valence-corrected chi connectivity index (χ0v) is 10.7. The summed E-state index contributed by atoms with van der Waals surface area (Å²) in [4.78, 5) is 12.0. The molecule has 0 atom stereocenters. The molecule has 0 fully saturated rings. The van der Waals surface area contributed by atoms with Gasteiger partial charge >= 0.3 is 0 Å². The van der Waals surface area contributed by atoms with Crippen LogP contribution in [0.4, 0.5) is 10.1 Å². The van der Waals surface area contributed by atoms with Gasteiger partial charge in [-0.25, -0.2) is 4.39 Å². The summed E-state index contributed by atoms with van der Waals surface area (Å²) in [7, 11) is 0. The van der Waals surface area contributed by atoms with Crippen LogP contribution in [0.1, 0.15) is 15.9 Å². The molecule has 17 heavy (non-hydrogen) atoms. The Bertz CT molecular complexity index is 577. The standard InChI is InChI=1S/C11H6Cl2FNOS/c12-9-4-8(11(13)17-9)10(16)5-1-6(14)3-7(15)2-5/h1-4H,15H2. The molecule has 0 aliphatic rings. The molecule has 2 nitrogen and oxygen atoms in total. The van der Waals surface area contributed by atoms with E-state index in [0.29, 0.717) is 4.34 Å². The quantitative estimate of drug-likeness (QED) is 0.671. The normalized spacial score (nSPS) is 10.5. The molecule has 0 spiro atoms. The molecule has 1 heterocycles. The molecule has 6 heteroatoms. The van der Waals surface area contributed by atoms with Gasteiger partial charge in [0.2, 0.25) is 0 Å². The highest BCUT2D eigenvalue weighted by molar-refractivity contribution is 7.20. The molecule has 0 bridgehead atoms. The Morgan fingerprint density at radius 3 is 2.47 bits per heavy atom. The van der Waals surface area contributed by atoms with Gasteiger partial charge in [-0.2, -0.15) is 0 Å². The Morgan fingerprint density at radius 2 is 1.94 bits per heavy atom. The molecule has 88 valence electrons. The van der Waals surface area contributed by atoms with E-state index < -0.39 is 11.6 Å². The van der Waals surface area contributed by atoms with Crippen LogP contribution in [0.3, 0.4) is 0 Å². The van der Waals surface area contributed by atoms with E-state index in [-0.39, 0.29) is 21.2 Å². The Hall–Kier alpha value is -1.10. The van der Waals surface area contributed by atoms with Gasteiger partial charge in [0.15, 0.2) is 5.78 Å². The fourth-order valence-electron chi connectivity index (χ4n) is 1.39. The van der Waals surface area contributed by atoms with E-state index in [9.17, 15) is 9.18 Å². The van der Waals surface area contributed by atoms with Gasteiger partial charge in [0.1, 0.15) is 10.2 Å². The average Bonchev–Trinajstić information content (AvgIpc) is 2.55. The molecule has 0 aliphatic carbocycles. The van der Waals surface area contributed by atoms with Gasteiger partial charge < -0.3 is 5.73 Å². The minimum atomic E-state index is -0.564. The van der Waals surface area contributed by atoms with Gasteiger partial charge in [-0.1, -0.05) is 23.2 Å². The van der Waals surface area contributed by atoms with E-state index in [1.165, 1.54) is 12.1 Å². The highest BCUT2D eigenvalue weighted by Gasteiger charge is 2.17. The van der Waals surface area contributed by atoms with Crippen molar-refractivity contribution in [2.24, 2.45) is 0 Å². The maximum atomic E-state index is 13.1. The number of hydrogen-bond acceptors (Lipinski definition) is 3. The summed E-state index contributed by atoms with van der Waals surface area (Å²) in [6.45, 7) is 0. The lowest BCUT2D eigenvalue weighted by molar-refractivity contribution is 0.103. The van der Waals surface area contributed by atoms with Crippen LogP contribution in [0.15, 0.2) is 24.3 Å². The molecule has 2 aromatic rings. The number of ketones is 1. The van der Waals surface area contributed by atoms with Crippen LogP contribution >= 0.6 is 34.5 Å². The lowest BCUT2D eigenvalue weighted by Gasteiger charge is -2.01. The second-order valence-corrected chi connectivity index (χ2v) is 5.63. The van der Waals surface area contributed by atoms with Crippen molar-refractivity contribution in [1.29, 1.82) is 0 Å². The molecule has 2 N–H and O–H groups in total. The molecule has 0 saturated carbocycles.